The minimum Gasteiger partial charge on any atom is -0.323 e. The molecule has 6 nitrogen and oxygen atoms in total. The summed E-state index contributed by atoms with van der Waals surface area (Å²) < 4.78 is 15.1. The van der Waals surface area contributed by atoms with Crippen molar-refractivity contribution in [3.63, 3.8) is 0 Å². The average molecular weight is 359 g/mol. The van der Waals surface area contributed by atoms with Gasteiger partial charge in [-0.15, -0.1) is 5.10 Å². The summed E-state index contributed by atoms with van der Waals surface area (Å²) in [5.74, 6) is -0.984. The molecule has 0 aliphatic rings. The van der Waals surface area contributed by atoms with E-state index in [1.54, 1.807) is 0 Å². The number of amides is 1. The molecule has 1 aromatic carbocycles. The number of aromatic amines is 1. The lowest BCUT2D eigenvalue weighted by molar-refractivity contribution is -0.113. The van der Waals surface area contributed by atoms with Gasteiger partial charge in [-0.2, -0.15) is 0 Å². The first kappa shape index (κ1) is 17.6. The van der Waals surface area contributed by atoms with Crippen molar-refractivity contribution in [2.24, 2.45) is 0 Å². The summed E-state index contributed by atoms with van der Waals surface area (Å²) in [6.07, 6.45) is 1.78. The monoisotopic (exact) mass is 358 g/mol. The fraction of sp³-hybridized carbons (Fsp3) is 0.357. The number of thioether (sulfide) groups is 1. The van der Waals surface area contributed by atoms with Crippen LogP contribution >= 0.6 is 23.4 Å². The van der Waals surface area contributed by atoms with Gasteiger partial charge in [0.2, 0.25) is 5.91 Å². The molecule has 124 valence electrons. The number of hydrogen-bond donors (Lipinski definition) is 2. The summed E-state index contributed by atoms with van der Waals surface area (Å²) in [7, 11) is 0. The van der Waals surface area contributed by atoms with Gasteiger partial charge in [-0.25, -0.2) is 14.3 Å². The zero-order valence-electron chi connectivity index (χ0n) is 12.4. The molecule has 0 bridgehead atoms. The first-order chi connectivity index (χ1) is 11.0. The topological polar surface area (TPSA) is 79.8 Å². The van der Waals surface area contributed by atoms with E-state index in [2.05, 4.69) is 15.5 Å². The lowest BCUT2D eigenvalue weighted by atomic mass is 10.3. The van der Waals surface area contributed by atoms with Crippen LogP contribution in [0, 0.1) is 5.82 Å². The Morgan fingerprint density at radius 1 is 1.52 bits per heavy atom. The Morgan fingerprint density at radius 2 is 2.30 bits per heavy atom. The summed E-state index contributed by atoms with van der Waals surface area (Å²) in [6, 6.07) is 4.01. The van der Waals surface area contributed by atoms with E-state index in [1.807, 2.05) is 6.92 Å². The van der Waals surface area contributed by atoms with E-state index in [-0.39, 0.29) is 22.2 Å². The second-order valence-electron chi connectivity index (χ2n) is 4.78. The predicted molar refractivity (Wildman–Crippen MR) is 88.5 cm³/mol. The molecule has 23 heavy (non-hydrogen) atoms. The molecule has 0 aliphatic carbocycles. The number of H-pyrrole nitrogens is 1. The summed E-state index contributed by atoms with van der Waals surface area (Å²) in [5, 5.41) is 9.41. The molecule has 0 saturated carbocycles. The van der Waals surface area contributed by atoms with Gasteiger partial charge in [0.25, 0.3) is 0 Å². The molecule has 1 amide bonds. The second-order valence-corrected chi connectivity index (χ2v) is 6.16. The molecule has 0 radical (unpaired) electrons. The Morgan fingerprint density at radius 3 is 3.00 bits per heavy atom. The summed E-state index contributed by atoms with van der Waals surface area (Å²) in [4.78, 5) is 23.5. The van der Waals surface area contributed by atoms with Gasteiger partial charge < -0.3 is 5.32 Å². The molecule has 1 heterocycles. The van der Waals surface area contributed by atoms with Crippen LogP contribution in [0.4, 0.5) is 10.1 Å². The Hall–Kier alpha value is -1.80. The first-order valence-electron chi connectivity index (χ1n) is 7.04. The lowest BCUT2D eigenvalue weighted by Crippen LogP contribution is -2.19. The fourth-order valence-electron chi connectivity index (χ4n) is 1.83. The van der Waals surface area contributed by atoms with Gasteiger partial charge in [0.05, 0.1) is 11.4 Å². The van der Waals surface area contributed by atoms with E-state index < -0.39 is 11.7 Å². The summed E-state index contributed by atoms with van der Waals surface area (Å²) in [5.41, 5.74) is -0.240. The maximum absolute atomic E-state index is 13.6. The van der Waals surface area contributed by atoms with Crippen molar-refractivity contribution in [2.45, 2.75) is 31.5 Å². The van der Waals surface area contributed by atoms with Gasteiger partial charge in [-0.05, 0) is 24.6 Å². The molecule has 2 aromatic rings. The highest BCUT2D eigenvalue weighted by Gasteiger charge is 2.12. The molecule has 0 saturated heterocycles. The normalized spacial score (nSPS) is 10.7. The number of carbonyl (C=O) groups excluding carboxylic acids is 1. The van der Waals surface area contributed by atoms with Gasteiger partial charge in [0, 0.05) is 11.6 Å². The number of nitrogens with zero attached hydrogens (tertiary/aromatic N) is 2. The number of hydrogen-bond acceptors (Lipinski definition) is 4. The van der Waals surface area contributed by atoms with Gasteiger partial charge in [-0.3, -0.25) is 9.36 Å². The third-order valence-electron chi connectivity index (χ3n) is 3.00. The molecule has 2 N–H and O–H groups in total. The van der Waals surface area contributed by atoms with E-state index in [4.69, 9.17) is 11.6 Å². The highest BCUT2D eigenvalue weighted by molar-refractivity contribution is 7.99. The molecule has 2 rings (SSSR count). The Bertz CT molecular complexity index is 747. The Kier molecular flexibility index (Phi) is 6.23. The number of aromatic nitrogens is 3. The lowest BCUT2D eigenvalue weighted by Gasteiger charge is -2.07. The highest BCUT2D eigenvalue weighted by Crippen LogP contribution is 2.20. The van der Waals surface area contributed by atoms with Crippen LogP contribution in [0.1, 0.15) is 19.8 Å². The molecular weight excluding hydrogens is 343 g/mol. The van der Waals surface area contributed by atoms with Crippen LogP contribution in [0.25, 0.3) is 0 Å². The Balaban J connectivity index is 1.95. The summed E-state index contributed by atoms with van der Waals surface area (Å²) in [6.45, 7) is 2.56. The van der Waals surface area contributed by atoms with Crippen LogP contribution in [-0.2, 0) is 11.3 Å². The minimum absolute atomic E-state index is 0.0124. The molecule has 0 aliphatic heterocycles. The second kappa shape index (κ2) is 8.16. The van der Waals surface area contributed by atoms with Crippen molar-refractivity contribution < 1.29 is 9.18 Å². The third kappa shape index (κ3) is 4.84. The summed E-state index contributed by atoms with van der Waals surface area (Å²) >= 11 is 6.77. The molecular formula is C14H16ClFN4O2S. The fourth-order valence-corrected chi connectivity index (χ4v) is 2.77. The highest BCUT2D eigenvalue weighted by atomic mass is 35.5. The number of anilines is 1. The van der Waals surface area contributed by atoms with Crippen LogP contribution in [0.3, 0.4) is 0 Å². The smallest absolute Gasteiger partial charge is 0.323 e. The number of carbonyl (C=O) groups is 1. The first-order valence-corrected chi connectivity index (χ1v) is 8.40. The van der Waals surface area contributed by atoms with Gasteiger partial charge in [0.1, 0.15) is 5.82 Å². The number of rotatable bonds is 7. The van der Waals surface area contributed by atoms with Gasteiger partial charge in [0.15, 0.2) is 5.16 Å². The zero-order valence-corrected chi connectivity index (χ0v) is 14.0. The van der Waals surface area contributed by atoms with Crippen molar-refractivity contribution in [2.75, 3.05) is 11.1 Å². The van der Waals surface area contributed by atoms with E-state index in [9.17, 15) is 14.0 Å². The van der Waals surface area contributed by atoms with Crippen LogP contribution in [-0.4, -0.2) is 26.4 Å². The van der Waals surface area contributed by atoms with E-state index in [0.29, 0.717) is 11.7 Å². The molecule has 9 heteroatoms. The van der Waals surface area contributed by atoms with E-state index in [0.717, 1.165) is 30.7 Å². The van der Waals surface area contributed by atoms with Crippen LogP contribution < -0.4 is 11.0 Å². The van der Waals surface area contributed by atoms with Gasteiger partial charge in [-0.1, -0.05) is 36.7 Å². The number of benzene rings is 1. The largest absolute Gasteiger partial charge is 0.343 e. The van der Waals surface area contributed by atoms with Crippen LogP contribution in [0.15, 0.2) is 28.2 Å². The maximum Gasteiger partial charge on any atom is 0.343 e. The van der Waals surface area contributed by atoms with Crippen molar-refractivity contribution in [1.29, 1.82) is 0 Å². The molecule has 1 aromatic heterocycles. The maximum atomic E-state index is 13.6. The molecule has 0 spiro atoms. The molecule has 0 fully saturated rings. The zero-order chi connectivity index (χ0) is 16.8. The van der Waals surface area contributed by atoms with Crippen LogP contribution in [0.5, 0.6) is 0 Å². The number of nitrogens with one attached hydrogen (secondary N) is 2. The quantitative estimate of drug-likeness (QED) is 0.746. The SMILES string of the molecule is CCCCn1c(SCC(=O)Nc2ccc(Cl)cc2F)n[nH]c1=O. The third-order valence-corrected chi connectivity index (χ3v) is 4.21. The van der Waals surface area contributed by atoms with Crippen molar-refractivity contribution in [3.8, 4) is 0 Å². The van der Waals surface area contributed by atoms with E-state index in [1.165, 1.54) is 16.7 Å². The molecule has 0 atom stereocenters. The van der Waals surface area contributed by atoms with E-state index >= 15 is 0 Å². The van der Waals surface area contributed by atoms with Crippen molar-refractivity contribution >= 4 is 35.0 Å². The minimum atomic E-state index is -0.601. The average Bonchev–Trinajstić information content (AvgIpc) is 2.86. The standard InChI is InChI=1S/C14H16ClFN4O2S/c1-2-3-6-20-13(22)18-19-14(20)23-8-12(21)17-11-5-4-9(15)7-10(11)16/h4-5,7H,2-3,6,8H2,1H3,(H,17,21)(H,18,22). The van der Waals surface area contributed by atoms with Crippen molar-refractivity contribution in [1.82, 2.24) is 14.8 Å². The van der Waals surface area contributed by atoms with Crippen molar-refractivity contribution in [3.05, 3.63) is 39.5 Å². The predicted octanol–water partition coefficient (Wildman–Crippen LogP) is 2.89. The van der Waals surface area contributed by atoms with Gasteiger partial charge >= 0.3 is 5.69 Å². The Labute approximate surface area is 141 Å². The number of halogens is 2. The van der Waals surface area contributed by atoms with Crippen LogP contribution in [0.2, 0.25) is 5.02 Å². The molecule has 0 unspecified atom stereocenters. The number of unbranched alkanes of at least 4 members (excludes halogenated alkanes) is 1.